The SMILES string of the molecule is CCCCCNC(=O)c1nc(C(=O)Nc2cc(C)on2)n2c1CCCC2. The number of hydrogen-bond donors (Lipinski definition) is 2. The zero-order valence-corrected chi connectivity index (χ0v) is 15.3. The molecule has 2 N–H and O–H groups in total. The number of aromatic nitrogens is 3. The summed E-state index contributed by atoms with van der Waals surface area (Å²) in [5.74, 6) is 0.609. The molecule has 0 bridgehead atoms. The average molecular weight is 359 g/mol. The maximum absolute atomic E-state index is 12.6. The van der Waals surface area contributed by atoms with Crippen molar-refractivity contribution >= 4 is 17.6 Å². The van der Waals surface area contributed by atoms with Gasteiger partial charge in [-0.25, -0.2) is 4.98 Å². The summed E-state index contributed by atoms with van der Waals surface area (Å²) in [4.78, 5) is 29.5. The van der Waals surface area contributed by atoms with Crippen LogP contribution in [0.4, 0.5) is 5.82 Å². The Morgan fingerprint density at radius 1 is 1.27 bits per heavy atom. The molecule has 0 saturated carbocycles. The van der Waals surface area contributed by atoms with Gasteiger partial charge in [-0.2, -0.15) is 0 Å². The van der Waals surface area contributed by atoms with Crippen LogP contribution in [0.2, 0.25) is 0 Å². The fourth-order valence-electron chi connectivity index (χ4n) is 3.16. The van der Waals surface area contributed by atoms with Crippen LogP contribution in [0.1, 0.15) is 71.6 Å². The Bertz CT molecular complexity index is 793. The summed E-state index contributed by atoms with van der Waals surface area (Å²) in [7, 11) is 0. The Morgan fingerprint density at radius 3 is 2.85 bits per heavy atom. The monoisotopic (exact) mass is 359 g/mol. The molecule has 0 spiro atoms. The molecule has 2 amide bonds. The molecular formula is C18H25N5O3. The standard InChI is InChI=1S/C18H25N5O3/c1-3-4-6-9-19-17(24)15-13-8-5-7-10-23(13)16(21-15)18(25)20-14-11-12(2)26-22-14/h11H,3-10H2,1-2H3,(H,19,24)(H,20,22,25). The summed E-state index contributed by atoms with van der Waals surface area (Å²) in [5, 5.41) is 9.37. The van der Waals surface area contributed by atoms with Gasteiger partial charge in [0.1, 0.15) is 11.5 Å². The minimum absolute atomic E-state index is 0.205. The Hall–Kier alpha value is -2.64. The maximum Gasteiger partial charge on any atom is 0.292 e. The van der Waals surface area contributed by atoms with Crippen LogP contribution in [0, 0.1) is 6.92 Å². The van der Waals surface area contributed by atoms with Gasteiger partial charge in [-0.3, -0.25) is 9.59 Å². The number of nitrogens with zero attached hydrogens (tertiary/aromatic N) is 3. The summed E-state index contributed by atoms with van der Waals surface area (Å²) in [5.41, 5.74) is 1.20. The maximum atomic E-state index is 12.6. The highest BCUT2D eigenvalue weighted by Crippen LogP contribution is 2.22. The number of amides is 2. The van der Waals surface area contributed by atoms with Gasteiger partial charge in [0.25, 0.3) is 11.8 Å². The Labute approximate surface area is 152 Å². The number of nitrogens with one attached hydrogen (secondary N) is 2. The second-order valence-corrected chi connectivity index (χ2v) is 6.58. The van der Waals surface area contributed by atoms with Crippen molar-refractivity contribution in [2.45, 2.75) is 58.9 Å². The van der Waals surface area contributed by atoms with Gasteiger partial charge in [0, 0.05) is 19.2 Å². The van der Waals surface area contributed by atoms with Crippen molar-refractivity contribution in [3.8, 4) is 0 Å². The van der Waals surface area contributed by atoms with E-state index in [1.165, 1.54) is 0 Å². The molecule has 0 aromatic carbocycles. The summed E-state index contributed by atoms with van der Waals surface area (Å²) in [6.45, 7) is 5.18. The minimum atomic E-state index is -0.383. The van der Waals surface area contributed by atoms with Gasteiger partial charge < -0.3 is 19.7 Å². The highest BCUT2D eigenvalue weighted by Gasteiger charge is 2.27. The number of hydrogen-bond acceptors (Lipinski definition) is 5. The first-order valence-corrected chi connectivity index (χ1v) is 9.22. The van der Waals surface area contributed by atoms with Gasteiger partial charge in [0.2, 0.25) is 0 Å². The van der Waals surface area contributed by atoms with E-state index in [4.69, 9.17) is 4.52 Å². The molecule has 1 aliphatic heterocycles. The summed E-state index contributed by atoms with van der Waals surface area (Å²) < 4.78 is 6.82. The largest absolute Gasteiger partial charge is 0.360 e. The highest BCUT2D eigenvalue weighted by atomic mass is 16.5. The lowest BCUT2D eigenvalue weighted by Crippen LogP contribution is -2.26. The first kappa shape index (κ1) is 18.2. The summed E-state index contributed by atoms with van der Waals surface area (Å²) in [6, 6.07) is 1.64. The normalized spacial score (nSPS) is 13.3. The number of imidazole rings is 1. The Balaban J connectivity index is 1.78. The lowest BCUT2D eigenvalue weighted by Gasteiger charge is -2.16. The molecule has 26 heavy (non-hydrogen) atoms. The van der Waals surface area contributed by atoms with E-state index in [-0.39, 0.29) is 17.6 Å². The van der Waals surface area contributed by atoms with E-state index < -0.39 is 0 Å². The van der Waals surface area contributed by atoms with E-state index in [0.717, 1.165) is 44.2 Å². The van der Waals surface area contributed by atoms with Gasteiger partial charge in [-0.05, 0) is 32.6 Å². The number of carbonyl (C=O) groups excluding carboxylic acids is 2. The van der Waals surface area contributed by atoms with Crippen molar-refractivity contribution in [3.63, 3.8) is 0 Å². The van der Waals surface area contributed by atoms with Crippen LogP contribution in [0.5, 0.6) is 0 Å². The molecule has 3 rings (SSSR count). The van der Waals surface area contributed by atoms with Crippen molar-refractivity contribution in [1.29, 1.82) is 0 Å². The van der Waals surface area contributed by atoms with Crippen molar-refractivity contribution < 1.29 is 14.1 Å². The molecule has 2 aromatic heterocycles. The molecule has 0 aliphatic carbocycles. The van der Waals surface area contributed by atoms with Crippen LogP contribution in [-0.4, -0.2) is 33.1 Å². The Morgan fingerprint density at radius 2 is 2.12 bits per heavy atom. The molecule has 0 unspecified atom stereocenters. The molecule has 8 heteroatoms. The third-order valence-corrected chi connectivity index (χ3v) is 4.47. The lowest BCUT2D eigenvalue weighted by atomic mass is 10.1. The third kappa shape index (κ3) is 3.95. The quantitative estimate of drug-likeness (QED) is 0.740. The number of carbonyl (C=O) groups is 2. The fraction of sp³-hybridized carbons (Fsp3) is 0.556. The van der Waals surface area contributed by atoms with E-state index in [1.54, 1.807) is 13.0 Å². The second-order valence-electron chi connectivity index (χ2n) is 6.58. The fourth-order valence-corrected chi connectivity index (χ4v) is 3.16. The number of anilines is 1. The van der Waals surface area contributed by atoms with Gasteiger partial charge in [0.15, 0.2) is 11.6 Å². The molecule has 0 saturated heterocycles. The minimum Gasteiger partial charge on any atom is -0.360 e. The van der Waals surface area contributed by atoms with Gasteiger partial charge >= 0.3 is 0 Å². The van der Waals surface area contributed by atoms with Crippen LogP contribution in [0.25, 0.3) is 0 Å². The van der Waals surface area contributed by atoms with Crippen molar-refractivity contribution in [2.75, 3.05) is 11.9 Å². The molecule has 0 radical (unpaired) electrons. The smallest absolute Gasteiger partial charge is 0.292 e. The lowest BCUT2D eigenvalue weighted by molar-refractivity contribution is 0.0947. The van der Waals surface area contributed by atoms with Crippen molar-refractivity contribution in [1.82, 2.24) is 20.0 Å². The van der Waals surface area contributed by atoms with Crippen LogP contribution in [0.3, 0.4) is 0 Å². The summed E-state index contributed by atoms with van der Waals surface area (Å²) in [6.07, 6.45) is 5.82. The van der Waals surface area contributed by atoms with Crippen LogP contribution < -0.4 is 10.6 Å². The van der Waals surface area contributed by atoms with E-state index in [0.29, 0.717) is 30.4 Å². The van der Waals surface area contributed by atoms with Crippen molar-refractivity contribution in [2.24, 2.45) is 0 Å². The topological polar surface area (TPSA) is 102 Å². The van der Waals surface area contributed by atoms with E-state index >= 15 is 0 Å². The van der Waals surface area contributed by atoms with E-state index in [2.05, 4.69) is 27.7 Å². The third-order valence-electron chi connectivity index (χ3n) is 4.47. The van der Waals surface area contributed by atoms with Crippen molar-refractivity contribution in [3.05, 3.63) is 29.0 Å². The number of aryl methyl sites for hydroxylation is 1. The number of unbranched alkanes of at least 4 members (excludes halogenated alkanes) is 2. The predicted octanol–water partition coefficient (Wildman–Crippen LogP) is 2.69. The molecule has 8 nitrogen and oxygen atoms in total. The zero-order chi connectivity index (χ0) is 18.5. The molecule has 1 aliphatic rings. The van der Waals surface area contributed by atoms with Gasteiger partial charge in [0.05, 0.1) is 5.69 Å². The molecule has 0 atom stereocenters. The number of rotatable bonds is 7. The average Bonchev–Trinajstić information content (AvgIpc) is 3.22. The highest BCUT2D eigenvalue weighted by molar-refractivity contribution is 6.03. The molecular weight excluding hydrogens is 334 g/mol. The first-order valence-electron chi connectivity index (χ1n) is 9.22. The van der Waals surface area contributed by atoms with Crippen LogP contribution in [-0.2, 0) is 13.0 Å². The summed E-state index contributed by atoms with van der Waals surface area (Å²) >= 11 is 0. The van der Waals surface area contributed by atoms with E-state index in [9.17, 15) is 9.59 Å². The predicted molar refractivity (Wildman–Crippen MR) is 96.2 cm³/mol. The number of fused-ring (bicyclic) bond motifs is 1. The van der Waals surface area contributed by atoms with Gasteiger partial charge in [-0.15, -0.1) is 0 Å². The zero-order valence-electron chi connectivity index (χ0n) is 15.3. The van der Waals surface area contributed by atoms with E-state index in [1.807, 2.05) is 4.57 Å². The first-order chi connectivity index (χ1) is 12.6. The van der Waals surface area contributed by atoms with Crippen LogP contribution >= 0.6 is 0 Å². The second kappa shape index (κ2) is 8.16. The molecule has 3 heterocycles. The van der Waals surface area contributed by atoms with Gasteiger partial charge in [-0.1, -0.05) is 24.9 Å². The van der Waals surface area contributed by atoms with Crippen LogP contribution in [0.15, 0.2) is 10.6 Å². The molecule has 0 fully saturated rings. The Kier molecular flexibility index (Phi) is 5.70. The molecule has 2 aromatic rings. The molecule has 140 valence electrons.